The van der Waals surface area contributed by atoms with Crippen molar-refractivity contribution in [3.63, 3.8) is 0 Å². The Morgan fingerprint density at radius 2 is 2.15 bits per heavy atom. The number of hydrogen-bond acceptors (Lipinski definition) is 6. The van der Waals surface area contributed by atoms with E-state index in [1.165, 1.54) is 19.2 Å². The molecule has 1 heterocycles. The Morgan fingerprint density at radius 3 is 2.75 bits per heavy atom. The summed E-state index contributed by atoms with van der Waals surface area (Å²) in [5.74, 6) is 0.190. The highest BCUT2D eigenvalue weighted by Gasteiger charge is 2.24. The lowest BCUT2D eigenvalue weighted by Crippen LogP contribution is -2.14. The molecule has 0 radical (unpaired) electrons. The zero-order valence-electron chi connectivity index (χ0n) is 12.3. The number of aromatic nitrogens is 2. The van der Waals surface area contributed by atoms with Crippen LogP contribution in [0, 0.1) is 10.1 Å². The molecule has 7 nitrogen and oxygen atoms in total. The van der Waals surface area contributed by atoms with Gasteiger partial charge in [0.1, 0.15) is 6.33 Å². The van der Waals surface area contributed by atoms with Gasteiger partial charge in [0.2, 0.25) is 5.82 Å². The molecule has 0 saturated heterocycles. The summed E-state index contributed by atoms with van der Waals surface area (Å²) >= 11 is 0. The van der Waals surface area contributed by atoms with Crippen LogP contribution in [0.25, 0.3) is 0 Å². The molecule has 1 atom stereocenters. The molecule has 0 aliphatic rings. The zero-order chi connectivity index (χ0) is 15.0. The van der Waals surface area contributed by atoms with Crippen LogP contribution in [0.1, 0.15) is 46.0 Å². The quantitative estimate of drug-likeness (QED) is 0.425. The van der Waals surface area contributed by atoms with Gasteiger partial charge in [-0.1, -0.05) is 26.2 Å². The summed E-state index contributed by atoms with van der Waals surface area (Å²) in [4.78, 5) is 18.3. The van der Waals surface area contributed by atoms with Crippen LogP contribution in [0.3, 0.4) is 0 Å². The summed E-state index contributed by atoms with van der Waals surface area (Å²) in [6, 6.07) is 0. The predicted octanol–water partition coefficient (Wildman–Crippen LogP) is 3.16. The lowest BCUT2D eigenvalue weighted by Gasteiger charge is -2.14. The van der Waals surface area contributed by atoms with E-state index in [9.17, 15) is 10.1 Å². The van der Waals surface area contributed by atoms with Gasteiger partial charge in [0, 0.05) is 7.05 Å². The molecule has 0 bridgehead atoms. The average molecular weight is 282 g/mol. The summed E-state index contributed by atoms with van der Waals surface area (Å²) in [6.07, 6.45) is 6.59. The topological polar surface area (TPSA) is 90.2 Å². The molecule has 1 N–H and O–H groups in total. The van der Waals surface area contributed by atoms with Crippen molar-refractivity contribution in [1.82, 2.24) is 9.97 Å². The minimum atomic E-state index is -0.523. The SMILES string of the molecule is CCCCCCC(C)Oc1ncnc(NC)c1[N+](=O)[O-]. The van der Waals surface area contributed by atoms with Gasteiger partial charge < -0.3 is 10.1 Å². The maximum atomic E-state index is 11.1. The van der Waals surface area contributed by atoms with Gasteiger partial charge in [-0.25, -0.2) is 4.98 Å². The maximum Gasteiger partial charge on any atom is 0.372 e. The standard InChI is InChI=1S/C13H22N4O3/c1-4-5-6-7-8-10(2)20-13-11(17(18)19)12(14-3)15-9-16-13/h9-10H,4-8H2,1-3H3,(H,14,15,16). The minimum absolute atomic E-state index is 0.0253. The highest BCUT2D eigenvalue weighted by atomic mass is 16.6. The molecule has 0 aliphatic heterocycles. The molecule has 1 unspecified atom stereocenters. The Morgan fingerprint density at radius 1 is 1.40 bits per heavy atom. The molecule has 0 amide bonds. The number of ether oxygens (including phenoxy) is 1. The van der Waals surface area contributed by atoms with Gasteiger partial charge in [0.15, 0.2) is 0 Å². The molecule has 0 aromatic carbocycles. The van der Waals surface area contributed by atoms with Gasteiger partial charge in [-0.05, 0) is 19.8 Å². The Kier molecular flexibility index (Phi) is 6.69. The Hall–Kier alpha value is -1.92. The van der Waals surface area contributed by atoms with E-state index >= 15 is 0 Å². The normalized spacial score (nSPS) is 11.9. The summed E-state index contributed by atoms with van der Waals surface area (Å²) in [5, 5.41) is 13.8. The number of nitro groups is 1. The van der Waals surface area contributed by atoms with Crippen LogP contribution in [-0.2, 0) is 0 Å². The van der Waals surface area contributed by atoms with Crippen LogP contribution in [0.4, 0.5) is 11.5 Å². The van der Waals surface area contributed by atoms with Gasteiger partial charge in [-0.2, -0.15) is 4.98 Å². The molecule has 0 spiro atoms. The van der Waals surface area contributed by atoms with E-state index < -0.39 is 4.92 Å². The van der Waals surface area contributed by atoms with Crippen LogP contribution < -0.4 is 10.1 Å². The molecular weight excluding hydrogens is 260 g/mol. The number of nitrogens with zero attached hydrogens (tertiary/aromatic N) is 3. The van der Waals surface area contributed by atoms with Crippen LogP contribution in [0.5, 0.6) is 5.88 Å². The second-order valence-electron chi connectivity index (χ2n) is 4.66. The Bertz CT molecular complexity index is 440. The van der Waals surface area contributed by atoms with Crippen molar-refractivity contribution >= 4 is 11.5 Å². The van der Waals surface area contributed by atoms with Crippen LogP contribution in [0.2, 0.25) is 0 Å². The fraction of sp³-hybridized carbons (Fsp3) is 0.692. The van der Waals surface area contributed by atoms with Crippen molar-refractivity contribution < 1.29 is 9.66 Å². The molecule has 112 valence electrons. The van der Waals surface area contributed by atoms with E-state index in [4.69, 9.17) is 4.74 Å². The summed E-state index contributed by atoms with van der Waals surface area (Å²) in [5.41, 5.74) is -0.213. The molecule has 0 saturated carbocycles. The van der Waals surface area contributed by atoms with Crippen molar-refractivity contribution in [2.75, 3.05) is 12.4 Å². The molecule has 1 aromatic heterocycles. The number of anilines is 1. The molecule has 1 rings (SSSR count). The van der Waals surface area contributed by atoms with Crippen LogP contribution in [0.15, 0.2) is 6.33 Å². The molecule has 0 fully saturated rings. The highest BCUT2D eigenvalue weighted by molar-refractivity contribution is 5.60. The minimum Gasteiger partial charge on any atom is -0.470 e. The summed E-state index contributed by atoms with van der Waals surface area (Å²) in [7, 11) is 1.58. The summed E-state index contributed by atoms with van der Waals surface area (Å²) < 4.78 is 5.60. The van der Waals surface area contributed by atoms with E-state index in [0.29, 0.717) is 0 Å². The first-order valence-electron chi connectivity index (χ1n) is 6.93. The van der Waals surface area contributed by atoms with Crippen LogP contribution in [-0.4, -0.2) is 28.0 Å². The Labute approximate surface area is 118 Å². The molecule has 0 aliphatic carbocycles. The first kappa shape index (κ1) is 16.1. The van der Waals surface area contributed by atoms with E-state index in [1.54, 1.807) is 7.05 Å². The van der Waals surface area contributed by atoms with E-state index in [-0.39, 0.29) is 23.5 Å². The third kappa shape index (κ3) is 4.64. The number of nitrogens with one attached hydrogen (secondary N) is 1. The van der Waals surface area contributed by atoms with Gasteiger partial charge in [0.25, 0.3) is 5.88 Å². The molecule has 20 heavy (non-hydrogen) atoms. The molecular formula is C13H22N4O3. The third-order valence-electron chi connectivity index (χ3n) is 2.99. The second kappa shape index (κ2) is 8.29. The van der Waals surface area contributed by atoms with Gasteiger partial charge >= 0.3 is 5.69 Å². The fourth-order valence-electron chi connectivity index (χ4n) is 1.90. The predicted molar refractivity (Wildman–Crippen MR) is 77.1 cm³/mol. The third-order valence-corrected chi connectivity index (χ3v) is 2.99. The van der Waals surface area contributed by atoms with Gasteiger partial charge in [0.05, 0.1) is 11.0 Å². The van der Waals surface area contributed by atoms with Crippen molar-refractivity contribution in [2.24, 2.45) is 0 Å². The monoisotopic (exact) mass is 282 g/mol. The largest absolute Gasteiger partial charge is 0.470 e. The highest BCUT2D eigenvalue weighted by Crippen LogP contribution is 2.31. The average Bonchev–Trinajstić information content (AvgIpc) is 2.43. The second-order valence-corrected chi connectivity index (χ2v) is 4.66. The number of unbranched alkanes of at least 4 members (excludes halogenated alkanes) is 3. The van der Waals surface area contributed by atoms with E-state index in [2.05, 4.69) is 22.2 Å². The van der Waals surface area contributed by atoms with Crippen LogP contribution >= 0.6 is 0 Å². The first-order valence-corrected chi connectivity index (χ1v) is 6.93. The lowest BCUT2D eigenvalue weighted by atomic mass is 10.1. The number of hydrogen-bond donors (Lipinski definition) is 1. The van der Waals surface area contributed by atoms with Crippen molar-refractivity contribution in [2.45, 2.75) is 52.1 Å². The lowest BCUT2D eigenvalue weighted by molar-refractivity contribution is -0.385. The first-order chi connectivity index (χ1) is 9.60. The van der Waals surface area contributed by atoms with E-state index in [1.807, 2.05) is 6.92 Å². The molecule has 1 aromatic rings. The zero-order valence-corrected chi connectivity index (χ0v) is 12.3. The van der Waals surface area contributed by atoms with E-state index in [0.717, 1.165) is 19.3 Å². The fourth-order valence-corrected chi connectivity index (χ4v) is 1.90. The smallest absolute Gasteiger partial charge is 0.372 e. The molecule has 7 heteroatoms. The van der Waals surface area contributed by atoms with Crippen molar-refractivity contribution in [1.29, 1.82) is 0 Å². The Balaban J connectivity index is 2.69. The summed E-state index contributed by atoms with van der Waals surface area (Å²) in [6.45, 7) is 4.06. The van der Waals surface area contributed by atoms with Gasteiger partial charge in [-0.15, -0.1) is 0 Å². The van der Waals surface area contributed by atoms with Crippen molar-refractivity contribution in [3.05, 3.63) is 16.4 Å². The number of rotatable bonds is 9. The maximum absolute atomic E-state index is 11.1. The van der Waals surface area contributed by atoms with Gasteiger partial charge in [-0.3, -0.25) is 10.1 Å². The van der Waals surface area contributed by atoms with Crippen molar-refractivity contribution in [3.8, 4) is 5.88 Å².